The first kappa shape index (κ1) is 16.8. The lowest BCUT2D eigenvalue weighted by Gasteiger charge is -2.38. The minimum Gasteiger partial charge on any atom is -0.496 e. The molecule has 6 heteroatoms. The number of fused-ring (bicyclic) bond motifs is 3. The van der Waals surface area contributed by atoms with Crippen LogP contribution in [0.3, 0.4) is 0 Å². The van der Waals surface area contributed by atoms with Crippen LogP contribution in [-0.4, -0.2) is 17.8 Å². The molecule has 0 bridgehead atoms. The molecule has 2 aliphatic heterocycles. The lowest BCUT2D eigenvalue weighted by molar-refractivity contribution is -0.0190. The van der Waals surface area contributed by atoms with Crippen molar-refractivity contribution in [2.75, 3.05) is 7.11 Å². The number of halogens is 1. The number of para-hydroxylation sites is 1. The second-order valence-electron chi connectivity index (χ2n) is 6.53. The first-order valence-electron chi connectivity index (χ1n) is 8.73. The highest BCUT2D eigenvalue weighted by Crippen LogP contribution is 2.48. The molecule has 0 amide bonds. The van der Waals surface area contributed by atoms with Crippen molar-refractivity contribution in [1.29, 1.82) is 0 Å². The van der Waals surface area contributed by atoms with E-state index in [-0.39, 0.29) is 12.3 Å². The first-order valence-corrected chi connectivity index (χ1v) is 10.4. The zero-order valence-corrected chi connectivity index (χ0v) is 17.0. The number of methoxy groups -OCH3 is 1. The highest BCUT2D eigenvalue weighted by molar-refractivity contribution is 9.10. The third kappa shape index (κ3) is 2.84. The Hall–Kier alpha value is -2.31. The molecular weight excluding hydrogens is 424 g/mol. The van der Waals surface area contributed by atoms with E-state index in [1.807, 2.05) is 30.3 Å². The van der Waals surface area contributed by atoms with Gasteiger partial charge >= 0.3 is 0 Å². The molecule has 27 heavy (non-hydrogen) atoms. The van der Waals surface area contributed by atoms with Crippen molar-refractivity contribution in [3.05, 3.63) is 80.5 Å². The topological polar surface area (TPSA) is 34.1 Å². The number of ether oxygens (including phenoxy) is 2. The SMILES string of the molecule is COc1ccc([C@H]2Oc3ccccc3[C@@H]3CC(c4cccs4)=NN23)cc1Br. The fourth-order valence-electron chi connectivity index (χ4n) is 3.68. The van der Waals surface area contributed by atoms with E-state index in [4.69, 9.17) is 14.6 Å². The van der Waals surface area contributed by atoms with Crippen LogP contribution in [0, 0.1) is 0 Å². The van der Waals surface area contributed by atoms with Gasteiger partial charge in [-0.3, -0.25) is 0 Å². The summed E-state index contributed by atoms with van der Waals surface area (Å²) in [6, 6.07) is 18.7. The zero-order chi connectivity index (χ0) is 18.4. The molecule has 3 heterocycles. The van der Waals surface area contributed by atoms with E-state index in [0.29, 0.717) is 0 Å². The Morgan fingerprint density at radius 1 is 1.19 bits per heavy atom. The van der Waals surface area contributed by atoms with Crippen LogP contribution in [0.2, 0.25) is 0 Å². The Labute approximate surface area is 170 Å². The van der Waals surface area contributed by atoms with Crippen molar-refractivity contribution in [3.63, 3.8) is 0 Å². The second kappa shape index (κ2) is 6.69. The van der Waals surface area contributed by atoms with Gasteiger partial charge in [-0.15, -0.1) is 11.3 Å². The van der Waals surface area contributed by atoms with Crippen LogP contribution in [-0.2, 0) is 0 Å². The maximum absolute atomic E-state index is 6.39. The predicted molar refractivity (Wildman–Crippen MR) is 111 cm³/mol. The molecule has 0 aliphatic carbocycles. The Morgan fingerprint density at radius 2 is 2.07 bits per heavy atom. The molecule has 2 aliphatic rings. The molecule has 2 atom stereocenters. The molecule has 0 saturated heterocycles. The number of nitrogens with zero attached hydrogens (tertiary/aromatic N) is 2. The van der Waals surface area contributed by atoms with Crippen molar-refractivity contribution in [2.45, 2.75) is 18.7 Å². The van der Waals surface area contributed by atoms with E-state index in [9.17, 15) is 0 Å². The number of hydrazone groups is 1. The van der Waals surface area contributed by atoms with Crippen LogP contribution in [0.5, 0.6) is 11.5 Å². The molecule has 1 aromatic heterocycles. The molecule has 0 radical (unpaired) electrons. The summed E-state index contributed by atoms with van der Waals surface area (Å²) in [4.78, 5) is 1.22. The van der Waals surface area contributed by atoms with Gasteiger partial charge < -0.3 is 9.47 Å². The summed E-state index contributed by atoms with van der Waals surface area (Å²) in [7, 11) is 1.67. The van der Waals surface area contributed by atoms with Crippen molar-refractivity contribution in [1.82, 2.24) is 5.01 Å². The summed E-state index contributed by atoms with van der Waals surface area (Å²) in [6.45, 7) is 0. The fraction of sp³-hybridized carbons (Fsp3) is 0.190. The molecule has 3 aromatic rings. The standard InChI is InChI=1S/C21H17BrN2O2S/c1-25-19-9-8-13(11-15(19)22)21-24-17(14-5-2-3-6-18(14)26-21)12-16(23-24)20-7-4-10-27-20/h2-11,17,21H,12H2,1H3/t17-,21+/m0/s1. The number of rotatable bonds is 3. The molecular formula is C21H17BrN2O2S. The maximum Gasteiger partial charge on any atom is 0.213 e. The third-order valence-electron chi connectivity index (χ3n) is 4.97. The van der Waals surface area contributed by atoms with Gasteiger partial charge in [-0.05, 0) is 51.6 Å². The zero-order valence-electron chi connectivity index (χ0n) is 14.6. The summed E-state index contributed by atoms with van der Waals surface area (Å²) in [5, 5.41) is 9.17. The Morgan fingerprint density at radius 3 is 2.85 bits per heavy atom. The summed E-state index contributed by atoms with van der Waals surface area (Å²) in [6.07, 6.45) is 0.610. The average Bonchev–Trinajstić information content (AvgIpc) is 3.37. The Kier molecular flexibility index (Phi) is 4.17. The summed E-state index contributed by atoms with van der Waals surface area (Å²) >= 11 is 5.32. The van der Waals surface area contributed by atoms with Crippen LogP contribution in [0.4, 0.5) is 0 Å². The number of hydrogen-bond acceptors (Lipinski definition) is 5. The highest BCUT2D eigenvalue weighted by atomic mass is 79.9. The van der Waals surface area contributed by atoms with E-state index in [1.165, 1.54) is 10.4 Å². The molecule has 0 N–H and O–H groups in total. The van der Waals surface area contributed by atoms with Gasteiger partial charge in [0.15, 0.2) is 0 Å². The van der Waals surface area contributed by atoms with Gasteiger partial charge in [0.1, 0.15) is 11.5 Å². The van der Waals surface area contributed by atoms with Crippen LogP contribution >= 0.6 is 27.3 Å². The maximum atomic E-state index is 6.39. The van der Waals surface area contributed by atoms with E-state index in [1.54, 1.807) is 18.4 Å². The summed E-state index contributed by atoms with van der Waals surface area (Å²) in [5.74, 6) is 1.73. The summed E-state index contributed by atoms with van der Waals surface area (Å²) < 4.78 is 12.7. The second-order valence-corrected chi connectivity index (χ2v) is 8.33. The average molecular weight is 441 g/mol. The van der Waals surface area contributed by atoms with Gasteiger partial charge in [0.2, 0.25) is 6.23 Å². The quantitative estimate of drug-likeness (QED) is 0.518. The van der Waals surface area contributed by atoms with Gasteiger partial charge in [0.25, 0.3) is 0 Å². The Balaban J connectivity index is 1.59. The number of hydrogen-bond donors (Lipinski definition) is 0. The van der Waals surface area contributed by atoms with Crippen LogP contribution in [0.15, 0.2) is 69.6 Å². The Bertz CT molecular complexity index is 1020. The van der Waals surface area contributed by atoms with Crippen LogP contribution in [0.25, 0.3) is 0 Å². The first-order chi connectivity index (χ1) is 13.2. The molecule has 136 valence electrons. The predicted octanol–water partition coefficient (Wildman–Crippen LogP) is 5.76. The molecule has 2 aromatic carbocycles. The van der Waals surface area contributed by atoms with E-state index < -0.39 is 0 Å². The summed E-state index contributed by atoms with van der Waals surface area (Å²) in [5.41, 5.74) is 3.35. The van der Waals surface area contributed by atoms with Gasteiger partial charge in [0.05, 0.1) is 28.2 Å². The largest absolute Gasteiger partial charge is 0.496 e. The lowest BCUT2D eigenvalue weighted by Crippen LogP contribution is -2.33. The number of thiophene rings is 1. The van der Waals surface area contributed by atoms with E-state index in [0.717, 1.165) is 33.7 Å². The van der Waals surface area contributed by atoms with Gasteiger partial charge in [-0.2, -0.15) is 5.10 Å². The van der Waals surface area contributed by atoms with E-state index >= 15 is 0 Å². The monoisotopic (exact) mass is 440 g/mol. The molecule has 0 fully saturated rings. The molecule has 5 rings (SSSR count). The smallest absolute Gasteiger partial charge is 0.213 e. The van der Waals surface area contributed by atoms with Gasteiger partial charge in [0, 0.05) is 17.5 Å². The molecule has 0 unspecified atom stereocenters. The molecule has 4 nitrogen and oxygen atoms in total. The molecule has 0 spiro atoms. The highest BCUT2D eigenvalue weighted by Gasteiger charge is 2.41. The van der Waals surface area contributed by atoms with Crippen molar-refractivity contribution < 1.29 is 9.47 Å². The number of benzene rings is 2. The van der Waals surface area contributed by atoms with Crippen molar-refractivity contribution in [3.8, 4) is 11.5 Å². The normalized spacial score (nSPS) is 20.5. The van der Waals surface area contributed by atoms with E-state index in [2.05, 4.69) is 50.6 Å². The minimum absolute atomic E-state index is 0.179. The van der Waals surface area contributed by atoms with Crippen LogP contribution in [0.1, 0.15) is 34.7 Å². The van der Waals surface area contributed by atoms with Crippen molar-refractivity contribution >= 4 is 33.0 Å². The third-order valence-corrected chi connectivity index (χ3v) is 6.50. The van der Waals surface area contributed by atoms with Gasteiger partial charge in [-0.1, -0.05) is 24.3 Å². The van der Waals surface area contributed by atoms with Crippen LogP contribution < -0.4 is 9.47 Å². The van der Waals surface area contributed by atoms with Gasteiger partial charge in [-0.25, -0.2) is 5.01 Å². The minimum atomic E-state index is -0.274. The fourth-order valence-corrected chi connectivity index (χ4v) is 4.96. The van der Waals surface area contributed by atoms with Crippen molar-refractivity contribution in [2.24, 2.45) is 5.10 Å². The lowest BCUT2D eigenvalue weighted by atomic mass is 9.98. The molecule has 0 saturated carbocycles.